The lowest BCUT2D eigenvalue weighted by atomic mass is 10.0. The van der Waals surface area contributed by atoms with Crippen molar-refractivity contribution in [2.45, 2.75) is 39.0 Å². The summed E-state index contributed by atoms with van der Waals surface area (Å²) >= 11 is 0. The van der Waals surface area contributed by atoms with Gasteiger partial charge in [0.2, 0.25) is 5.91 Å². The molecule has 20 heavy (non-hydrogen) atoms. The highest BCUT2D eigenvalue weighted by molar-refractivity contribution is 5.92. The van der Waals surface area contributed by atoms with E-state index in [1.807, 2.05) is 25.1 Å². The van der Waals surface area contributed by atoms with Crippen molar-refractivity contribution < 1.29 is 4.79 Å². The predicted molar refractivity (Wildman–Crippen MR) is 82.3 cm³/mol. The van der Waals surface area contributed by atoms with Gasteiger partial charge in [0.05, 0.1) is 12.2 Å². The summed E-state index contributed by atoms with van der Waals surface area (Å²) in [5.74, 6) is 6.52. The van der Waals surface area contributed by atoms with Crippen LogP contribution in [0.2, 0.25) is 0 Å². The van der Waals surface area contributed by atoms with E-state index in [-0.39, 0.29) is 5.91 Å². The molecule has 1 aliphatic carbocycles. The van der Waals surface area contributed by atoms with Crippen LogP contribution in [0.5, 0.6) is 0 Å². The second-order valence-electron chi connectivity index (χ2n) is 5.46. The fraction of sp³-hybridized carbons (Fsp3) is 0.471. The van der Waals surface area contributed by atoms with Crippen LogP contribution in [0.3, 0.4) is 0 Å². The largest absolute Gasteiger partial charge is 0.325 e. The van der Waals surface area contributed by atoms with Gasteiger partial charge >= 0.3 is 0 Å². The van der Waals surface area contributed by atoms with Crippen LogP contribution in [0.15, 0.2) is 18.2 Å². The number of carbonyl (C=O) groups is 1. The summed E-state index contributed by atoms with van der Waals surface area (Å²) in [5.41, 5.74) is 8.17. The number of nitrogens with one attached hydrogen (secondary N) is 1. The molecule has 1 aliphatic rings. The van der Waals surface area contributed by atoms with Crippen molar-refractivity contribution in [3.8, 4) is 11.8 Å². The molecular formula is C17H22N2O. The molecular weight excluding hydrogens is 248 g/mol. The van der Waals surface area contributed by atoms with Gasteiger partial charge in [0, 0.05) is 12.0 Å². The number of rotatable bonds is 3. The molecule has 1 aromatic rings. The van der Waals surface area contributed by atoms with E-state index in [4.69, 9.17) is 5.73 Å². The minimum Gasteiger partial charge on any atom is -0.325 e. The highest BCUT2D eigenvalue weighted by Gasteiger charge is 2.18. The summed E-state index contributed by atoms with van der Waals surface area (Å²) in [5, 5.41) is 2.99. The number of anilines is 1. The van der Waals surface area contributed by atoms with E-state index in [0.29, 0.717) is 18.9 Å². The van der Waals surface area contributed by atoms with Gasteiger partial charge in [-0.05, 0) is 43.4 Å². The van der Waals surface area contributed by atoms with Crippen LogP contribution in [0, 0.1) is 24.7 Å². The van der Waals surface area contributed by atoms with Gasteiger partial charge in [-0.1, -0.05) is 30.7 Å². The summed E-state index contributed by atoms with van der Waals surface area (Å²) in [6.07, 6.45) is 5.51. The lowest BCUT2D eigenvalue weighted by Gasteiger charge is -2.11. The van der Waals surface area contributed by atoms with Crippen LogP contribution in [0.1, 0.15) is 43.2 Å². The minimum atomic E-state index is 0.0940. The van der Waals surface area contributed by atoms with E-state index in [1.165, 1.54) is 25.7 Å². The summed E-state index contributed by atoms with van der Waals surface area (Å²) in [6.45, 7) is 2.33. The number of benzene rings is 1. The SMILES string of the molecule is Cc1ccc(NC(=O)CC2CCCC2)c(C#CCN)c1. The zero-order valence-electron chi connectivity index (χ0n) is 12.0. The molecule has 0 atom stereocenters. The second-order valence-corrected chi connectivity index (χ2v) is 5.46. The quantitative estimate of drug-likeness (QED) is 0.830. The molecule has 0 aromatic heterocycles. The molecule has 0 saturated heterocycles. The Kier molecular flexibility index (Phi) is 5.20. The molecule has 0 unspecified atom stereocenters. The normalized spacial score (nSPS) is 14.7. The third-order valence-corrected chi connectivity index (χ3v) is 3.72. The van der Waals surface area contributed by atoms with Gasteiger partial charge in [-0.15, -0.1) is 0 Å². The van der Waals surface area contributed by atoms with Crippen molar-refractivity contribution in [3.05, 3.63) is 29.3 Å². The van der Waals surface area contributed by atoms with Crippen LogP contribution in [-0.2, 0) is 4.79 Å². The maximum absolute atomic E-state index is 12.1. The fourth-order valence-corrected chi connectivity index (χ4v) is 2.69. The van der Waals surface area contributed by atoms with Crippen LogP contribution in [0.25, 0.3) is 0 Å². The van der Waals surface area contributed by atoms with Gasteiger partial charge in [-0.25, -0.2) is 0 Å². The Balaban J connectivity index is 2.05. The molecule has 2 rings (SSSR count). The van der Waals surface area contributed by atoms with Crippen LogP contribution in [-0.4, -0.2) is 12.5 Å². The first kappa shape index (κ1) is 14.6. The molecule has 0 bridgehead atoms. The number of hydrogen-bond acceptors (Lipinski definition) is 2. The average molecular weight is 270 g/mol. The van der Waals surface area contributed by atoms with Crippen molar-refractivity contribution in [2.75, 3.05) is 11.9 Å². The lowest BCUT2D eigenvalue weighted by Crippen LogP contribution is -2.16. The van der Waals surface area contributed by atoms with Gasteiger partial charge in [0.1, 0.15) is 0 Å². The Morgan fingerprint density at radius 1 is 1.40 bits per heavy atom. The maximum Gasteiger partial charge on any atom is 0.224 e. The maximum atomic E-state index is 12.1. The number of hydrogen-bond donors (Lipinski definition) is 2. The van der Waals surface area contributed by atoms with Crippen molar-refractivity contribution in [1.29, 1.82) is 0 Å². The molecule has 3 nitrogen and oxygen atoms in total. The first-order valence-corrected chi connectivity index (χ1v) is 7.28. The molecule has 1 fully saturated rings. The molecule has 0 radical (unpaired) electrons. The molecule has 0 spiro atoms. The Labute approximate surface area is 120 Å². The number of nitrogens with two attached hydrogens (primary N) is 1. The van der Waals surface area contributed by atoms with Crippen molar-refractivity contribution in [2.24, 2.45) is 11.7 Å². The first-order chi connectivity index (χ1) is 9.69. The Bertz CT molecular complexity index is 534. The van der Waals surface area contributed by atoms with Crippen molar-refractivity contribution in [1.82, 2.24) is 0 Å². The second kappa shape index (κ2) is 7.12. The summed E-state index contributed by atoms with van der Waals surface area (Å²) in [4.78, 5) is 12.1. The van der Waals surface area contributed by atoms with Gasteiger partial charge in [-0.2, -0.15) is 0 Å². The predicted octanol–water partition coefficient (Wildman–Crippen LogP) is 2.82. The van der Waals surface area contributed by atoms with Crippen LogP contribution in [0.4, 0.5) is 5.69 Å². The molecule has 106 valence electrons. The number of amides is 1. The number of carbonyl (C=O) groups excluding carboxylic acids is 1. The Hall–Kier alpha value is -1.79. The van der Waals surface area contributed by atoms with Gasteiger partial charge in [0.25, 0.3) is 0 Å². The Morgan fingerprint density at radius 3 is 2.85 bits per heavy atom. The highest BCUT2D eigenvalue weighted by atomic mass is 16.1. The van der Waals surface area contributed by atoms with Crippen LogP contribution >= 0.6 is 0 Å². The standard InChI is InChI=1S/C17H22N2O/c1-13-8-9-16(15(11-13)7-4-10-18)19-17(20)12-14-5-2-3-6-14/h8-9,11,14H,2-3,5-6,10,12,18H2,1H3,(H,19,20). The zero-order valence-corrected chi connectivity index (χ0v) is 12.0. The minimum absolute atomic E-state index is 0.0940. The van der Waals surface area contributed by atoms with Crippen molar-refractivity contribution in [3.63, 3.8) is 0 Å². The fourth-order valence-electron chi connectivity index (χ4n) is 2.69. The molecule has 1 amide bonds. The molecule has 1 aromatic carbocycles. The lowest BCUT2D eigenvalue weighted by molar-refractivity contribution is -0.117. The summed E-state index contributed by atoms with van der Waals surface area (Å²) in [6, 6.07) is 5.88. The molecule has 3 N–H and O–H groups in total. The van der Waals surface area contributed by atoms with E-state index < -0.39 is 0 Å². The summed E-state index contributed by atoms with van der Waals surface area (Å²) in [7, 11) is 0. The third-order valence-electron chi connectivity index (χ3n) is 3.72. The van der Waals surface area contributed by atoms with Gasteiger partial charge in [-0.3, -0.25) is 4.79 Å². The van der Waals surface area contributed by atoms with E-state index in [1.54, 1.807) is 0 Å². The number of aryl methyl sites for hydroxylation is 1. The third kappa shape index (κ3) is 4.11. The Morgan fingerprint density at radius 2 is 2.15 bits per heavy atom. The van der Waals surface area contributed by atoms with Gasteiger partial charge in [0.15, 0.2) is 0 Å². The zero-order chi connectivity index (χ0) is 14.4. The summed E-state index contributed by atoms with van der Waals surface area (Å²) < 4.78 is 0. The van der Waals surface area contributed by atoms with E-state index in [9.17, 15) is 4.79 Å². The monoisotopic (exact) mass is 270 g/mol. The van der Waals surface area contributed by atoms with E-state index in [0.717, 1.165) is 16.8 Å². The van der Waals surface area contributed by atoms with E-state index in [2.05, 4.69) is 17.2 Å². The smallest absolute Gasteiger partial charge is 0.224 e. The average Bonchev–Trinajstić information content (AvgIpc) is 2.91. The van der Waals surface area contributed by atoms with Gasteiger partial charge < -0.3 is 11.1 Å². The first-order valence-electron chi connectivity index (χ1n) is 7.28. The molecule has 0 aliphatic heterocycles. The molecule has 3 heteroatoms. The topological polar surface area (TPSA) is 55.1 Å². The van der Waals surface area contributed by atoms with E-state index >= 15 is 0 Å². The highest BCUT2D eigenvalue weighted by Crippen LogP contribution is 2.28. The van der Waals surface area contributed by atoms with Crippen molar-refractivity contribution >= 4 is 11.6 Å². The molecule has 1 saturated carbocycles. The molecule has 0 heterocycles. The van der Waals surface area contributed by atoms with Crippen LogP contribution < -0.4 is 11.1 Å².